The Bertz CT molecular complexity index is 894. The van der Waals surface area contributed by atoms with Crippen molar-refractivity contribution in [1.82, 2.24) is 4.98 Å². The molecular weight excluding hydrogens is 372 g/mol. The van der Waals surface area contributed by atoms with Crippen LogP contribution in [0.2, 0.25) is 0 Å². The second kappa shape index (κ2) is 8.30. The molecule has 0 bridgehead atoms. The van der Waals surface area contributed by atoms with Crippen molar-refractivity contribution >= 4 is 11.5 Å². The number of carbonyl (C=O) groups is 1. The van der Waals surface area contributed by atoms with Crippen LogP contribution in [0.3, 0.4) is 0 Å². The van der Waals surface area contributed by atoms with Gasteiger partial charge in [-0.15, -0.1) is 0 Å². The summed E-state index contributed by atoms with van der Waals surface area (Å²) >= 11 is 0. The molecule has 164 valence electrons. The Hall–Kier alpha value is -1.94. The van der Waals surface area contributed by atoms with Crippen molar-refractivity contribution in [3.8, 4) is 0 Å². The highest BCUT2D eigenvalue weighted by atomic mass is 16.5. The van der Waals surface area contributed by atoms with Crippen LogP contribution in [-0.4, -0.2) is 37.1 Å². The average Bonchev–Trinajstić information content (AvgIpc) is 3.17. The van der Waals surface area contributed by atoms with Crippen LogP contribution in [-0.2, 0) is 4.74 Å². The summed E-state index contributed by atoms with van der Waals surface area (Å²) in [6.45, 7) is 15.3. The molecule has 1 aromatic rings. The third kappa shape index (κ3) is 3.87. The highest BCUT2D eigenvalue weighted by molar-refractivity contribution is 6.13. The predicted molar refractivity (Wildman–Crippen MR) is 124 cm³/mol. The number of rotatable bonds is 6. The molecule has 2 aliphatic carbocycles. The summed E-state index contributed by atoms with van der Waals surface area (Å²) < 4.78 is 5.86. The first-order valence-electron chi connectivity index (χ1n) is 11.2. The molecule has 0 N–H and O–H groups in total. The largest absolute Gasteiger partial charge is 0.381 e. The molecule has 30 heavy (non-hydrogen) atoms. The number of Topliss-reactive ketones (excluding diaryl/α,β-unsaturated/α-hetero) is 1. The lowest BCUT2D eigenvalue weighted by molar-refractivity contribution is 0.00214. The lowest BCUT2D eigenvalue weighted by Crippen LogP contribution is -2.44. The second-order valence-electron chi connectivity index (χ2n) is 10.2. The van der Waals surface area contributed by atoms with Crippen LogP contribution in [0.4, 0.5) is 5.69 Å². The summed E-state index contributed by atoms with van der Waals surface area (Å²) in [6, 6.07) is 2.35. The molecule has 2 aliphatic rings. The SMILES string of the molecule is CO[C@@H]1C(C)C[C@@H](N(C)c2cc(C)ncc2C(=O)C2=CC(C(C)C)=C(C)C2)C1(C)C. The molecule has 4 nitrogen and oxygen atoms in total. The van der Waals surface area contributed by atoms with Crippen molar-refractivity contribution < 1.29 is 9.53 Å². The summed E-state index contributed by atoms with van der Waals surface area (Å²) in [5.41, 5.74) is 6.07. The molecule has 1 heterocycles. The van der Waals surface area contributed by atoms with Gasteiger partial charge in [-0.05, 0) is 50.2 Å². The minimum absolute atomic E-state index is 0.0179. The maximum Gasteiger partial charge on any atom is 0.192 e. The molecule has 0 amide bonds. The number of carbonyl (C=O) groups excluding carboxylic acids is 1. The molecule has 0 aromatic carbocycles. The van der Waals surface area contributed by atoms with Crippen molar-refractivity contribution in [3.05, 3.63) is 46.3 Å². The maximum absolute atomic E-state index is 13.6. The lowest BCUT2D eigenvalue weighted by atomic mass is 9.83. The van der Waals surface area contributed by atoms with Gasteiger partial charge in [-0.25, -0.2) is 0 Å². The van der Waals surface area contributed by atoms with Crippen molar-refractivity contribution in [2.45, 2.75) is 73.5 Å². The fourth-order valence-electron chi connectivity index (χ4n) is 5.80. The molecule has 4 heteroatoms. The maximum atomic E-state index is 13.6. The van der Waals surface area contributed by atoms with E-state index in [9.17, 15) is 4.79 Å². The number of anilines is 1. The van der Waals surface area contributed by atoms with E-state index in [0.717, 1.165) is 29.8 Å². The number of hydrogen-bond donors (Lipinski definition) is 0. The van der Waals surface area contributed by atoms with E-state index >= 15 is 0 Å². The summed E-state index contributed by atoms with van der Waals surface area (Å²) in [5, 5.41) is 0. The van der Waals surface area contributed by atoms with Crippen molar-refractivity contribution in [2.75, 3.05) is 19.1 Å². The number of ether oxygens (including phenoxy) is 1. The Balaban J connectivity index is 1.97. The van der Waals surface area contributed by atoms with Crippen LogP contribution in [0.5, 0.6) is 0 Å². The van der Waals surface area contributed by atoms with E-state index in [4.69, 9.17) is 4.74 Å². The van der Waals surface area contributed by atoms with E-state index in [1.54, 1.807) is 6.20 Å². The number of methoxy groups -OCH3 is 1. The zero-order valence-electron chi connectivity index (χ0n) is 20.2. The topological polar surface area (TPSA) is 42.4 Å². The molecule has 0 spiro atoms. The Morgan fingerprint density at radius 3 is 2.50 bits per heavy atom. The zero-order valence-corrected chi connectivity index (χ0v) is 20.2. The van der Waals surface area contributed by atoms with Gasteiger partial charge in [-0.2, -0.15) is 0 Å². The predicted octanol–water partition coefficient (Wildman–Crippen LogP) is 5.76. The number of allylic oxidation sites excluding steroid dienone is 4. The Kier molecular flexibility index (Phi) is 6.29. The van der Waals surface area contributed by atoms with Gasteiger partial charge in [0.1, 0.15) is 0 Å². The van der Waals surface area contributed by atoms with Crippen molar-refractivity contribution in [2.24, 2.45) is 17.3 Å². The Morgan fingerprint density at radius 2 is 1.97 bits per heavy atom. The average molecular weight is 411 g/mol. The van der Waals surface area contributed by atoms with Gasteiger partial charge < -0.3 is 9.64 Å². The highest BCUT2D eigenvalue weighted by Gasteiger charge is 2.49. The third-order valence-corrected chi connectivity index (χ3v) is 7.26. The first-order chi connectivity index (χ1) is 14.0. The fraction of sp³-hybridized carbons (Fsp3) is 0.615. The lowest BCUT2D eigenvalue weighted by Gasteiger charge is -2.39. The molecule has 1 fully saturated rings. The molecule has 3 rings (SSSR count). The second-order valence-corrected chi connectivity index (χ2v) is 10.2. The van der Waals surface area contributed by atoms with Crippen LogP contribution in [0.1, 0.15) is 70.4 Å². The van der Waals surface area contributed by atoms with E-state index < -0.39 is 0 Å². The van der Waals surface area contributed by atoms with E-state index in [2.05, 4.69) is 70.6 Å². The van der Waals surface area contributed by atoms with Gasteiger partial charge in [0.15, 0.2) is 5.78 Å². The highest BCUT2D eigenvalue weighted by Crippen LogP contribution is 2.47. The monoisotopic (exact) mass is 410 g/mol. The summed E-state index contributed by atoms with van der Waals surface area (Å²) in [6.07, 6.45) is 5.85. The van der Waals surface area contributed by atoms with Gasteiger partial charge >= 0.3 is 0 Å². The first kappa shape index (κ1) is 22.7. The van der Waals surface area contributed by atoms with Crippen LogP contribution in [0.15, 0.2) is 35.1 Å². The molecule has 0 saturated heterocycles. The van der Waals surface area contributed by atoms with Crippen LogP contribution in [0.25, 0.3) is 0 Å². The standard InChI is InChI=1S/C26H38N2O2/c1-15(2)20-13-19(10-16(20)3)24(29)21-14-27-18(5)12-22(21)28(8)23-11-17(4)25(30-9)26(23,6)7/h12-15,17,23,25H,10-11H2,1-9H3/t17?,23-,25-/m1/s1. The fourth-order valence-corrected chi connectivity index (χ4v) is 5.80. The van der Waals surface area contributed by atoms with Gasteiger partial charge in [-0.3, -0.25) is 9.78 Å². The molecule has 0 radical (unpaired) electrons. The first-order valence-corrected chi connectivity index (χ1v) is 11.2. The smallest absolute Gasteiger partial charge is 0.192 e. The summed E-state index contributed by atoms with van der Waals surface area (Å²) in [4.78, 5) is 20.4. The summed E-state index contributed by atoms with van der Waals surface area (Å²) in [7, 11) is 3.93. The molecule has 3 atom stereocenters. The van der Waals surface area contributed by atoms with Gasteiger partial charge in [-0.1, -0.05) is 46.3 Å². The zero-order chi connectivity index (χ0) is 22.4. The van der Waals surface area contributed by atoms with E-state index in [-0.39, 0.29) is 23.3 Å². The van der Waals surface area contributed by atoms with Crippen LogP contribution in [0, 0.1) is 24.2 Å². The molecule has 1 aromatic heterocycles. The Morgan fingerprint density at radius 1 is 1.30 bits per heavy atom. The van der Waals surface area contributed by atoms with E-state index in [0.29, 0.717) is 17.4 Å². The molecular formula is C26H38N2O2. The number of hydrogen-bond acceptors (Lipinski definition) is 4. The van der Waals surface area contributed by atoms with Crippen LogP contribution >= 0.6 is 0 Å². The van der Waals surface area contributed by atoms with E-state index in [1.807, 2.05) is 14.0 Å². The number of ketones is 1. The quantitative estimate of drug-likeness (QED) is 0.559. The molecule has 0 aliphatic heterocycles. The minimum atomic E-state index is -0.0179. The number of aryl methyl sites for hydroxylation is 1. The summed E-state index contributed by atoms with van der Waals surface area (Å²) in [5.74, 6) is 1.00. The van der Waals surface area contributed by atoms with Crippen molar-refractivity contribution in [3.63, 3.8) is 0 Å². The van der Waals surface area contributed by atoms with Crippen molar-refractivity contribution in [1.29, 1.82) is 0 Å². The van der Waals surface area contributed by atoms with Crippen LogP contribution < -0.4 is 4.90 Å². The van der Waals surface area contributed by atoms with Gasteiger partial charge in [0, 0.05) is 43.1 Å². The number of pyridine rings is 1. The third-order valence-electron chi connectivity index (χ3n) is 7.26. The normalized spacial score (nSPS) is 25.8. The van der Waals surface area contributed by atoms with Gasteiger partial charge in [0.05, 0.1) is 17.4 Å². The molecule has 1 unspecified atom stereocenters. The number of nitrogens with zero attached hydrogens (tertiary/aromatic N) is 2. The Labute approximate surface area is 182 Å². The van der Waals surface area contributed by atoms with E-state index in [1.165, 1.54) is 11.1 Å². The van der Waals surface area contributed by atoms with Gasteiger partial charge in [0.2, 0.25) is 0 Å². The molecule has 1 saturated carbocycles. The minimum Gasteiger partial charge on any atom is -0.381 e. The number of aromatic nitrogens is 1. The van der Waals surface area contributed by atoms with Gasteiger partial charge in [0.25, 0.3) is 0 Å².